The molecule has 0 fully saturated rings. The van der Waals surface area contributed by atoms with Crippen LogP contribution in [0.15, 0.2) is 24.3 Å². The standard InChI is InChI=1S/C9H11NO3/c11-8-4-2-1-3-7(8)5-6-9(12)10-13/h1-4,11,13H,5-6H2,(H,10,12). The third kappa shape index (κ3) is 2.76. The first-order valence-corrected chi connectivity index (χ1v) is 3.94. The lowest BCUT2D eigenvalue weighted by molar-refractivity contribution is -0.129. The first kappa shape index (κ1) is 9.54. The quantitative estimate of drug-likeness (QED) is 0.478. The maximum absolute atomic E-state index is 10.7. The van der Waals surface area contributed by atoms with Crippen LogP contribution in [0.2, 0.25) is 0 Å². The van der Waals surface area contributed by atoms with Gasteiger partial charge in [0, 0.05) is 6.42 Å². The predicted molar refractivity (Wildman–Crippen MR) is 46.4 cm³/mol. The lowest BCUT2D eigenvalue weighted by Gasteiger charge is -2.02. The van der Waals surface area contributed by atoms with E-state index in [9.17, 15) is 9.90 Å². The zero-order valence-corrected chi connectivity index (χ0v) is 7.03. The molecular weight excluding hydrogens is 170 g/mol. The summed E-state index contributed by atoms with van der Waals surface area (Å²) in [6, 6.07) is 6.79. The number of phenolic OH excluding ortho intramolecular Hbond substituents is 1. The lowest BCUT2D eigenvalue weighted by atomic mass is 10.1. The fraction of sp³-hybridized carbons (Fsp3) is 0.222. The molecule has 13 heavy (non-hydrogen) atoms. The van der Waals surface area contributed by atoms with Crippen molar-refractivity contribution in [2.24, 2.45) is 0 Å². The Balaban J connectivity index is 2.54. The Kier molecular flexibility index (Phi) is 3.28. The molecule has 3 N–H and O–H groups in total. The van der Waals surface area contributed by atoms with Crippen LogP contribution in [0.5, 0.6) is 5.75 Å². The number of carbonyl (C=O) groups is 1. The predicted octanol–water partition coefficient (Wildman–Crippen LogP) is 0.830. The molecule has 0 aliphatic carbocycles. The van der Waals surface area contributed by atoms with Gasteiger partial charge >= 0.3 is 0 Å². The molecule has 4 nitrogen and oxygen atoms in total. The molecule has 0 aromatic heterocycles. The first-order chi connectivity index (χ1) is 6.24. The van der Waals surface area contributed by atoms with Crippen LogP contribution in [-0.2, 0) is 11.2 Å². The first-order valence-electron chi connectivity index (χ1n) is 3.94. The van der Waals surface area contributed by atoms with Crippen molar-refractivity contribution >= 4 is 5.91 Å². The van der Waals surface area contributed by atoms with Crippen molar-refractivity contribution in [1.29, 1.82) is 0 Å². The van der Waals surface area contributed by atoms with Gasteiger partial charge < -0.3 is 5.11 Å². The van der Waals surface area contributed by atoms with Crippen molar-refractivity contribution in [3.8, 4) is 5.75 Å². The Morgan fingerprint density at radius 3 is 2.69 bits per heavy atom. The minimum Gasteiger partial charge on any atom is -0.508 e. The third-order valence-corrected chi connectivity index (χ3v) is 1.74. The summed E-state index contributed by atoms with van der Waals surface area (Å²) in [4.78, 5) is 10.7. The SMILES string of the molecule is O=C(CCc1ccccc1O)NO. The number of aromatic hydroxyl groups is 1. The highest BCUT2D eigenvalue weighted by molar-refractivity contribution is 5.74. The van der Waals surface area contributed by atoms with E-state index in [0.717, 1.165) is 0 Å². The van der Waals surface area contributed by atoms with Crippen LogP contribution in [-0.4, -0.2) is 16.2 Å². The average molecular weight is 181 g/mol. The second-order valence-electron chi connectivity index (χ2n) is 2.66. The average Bonchev–Trinajstić information content (AvgIpc) is 2.16. The second-order valence-corrected chi connectivity index (χ2v) is 2.66. The highest BCUT2D eigenvalue weighted by Crippen LogP contribution is 2.16. The van der Waals surface area contributed by atoms with Gasteiger partial charge in [0.05, 0.1) is 0 Å². The summed E-state index contributed by atoms with van der Waals surface area (Å²) in [6.45, 7) is 0. The molecule has 0 saturated heterocycles. The number of amides is 1. The van der Waals surface area contributed by atoms with Gasteiger partial charge in [-0.15, -0.1) is 0 Å². The second kappa shape index (κ2) is 4.47. The number of aryl methyl sites for hydroxylation is 1. The molecule has 0 atom stereocenters. The number of hydrogen-bond acceptors (Lipinski definition) is 3. The van der Waals surface area contributed by atoms with E-state index in [1.807, 2.05) is 0 Å². The van der Waals surface area contributed by atoms with Crippen molar-refractivity contribution in [2.45, 2.75) is 12.8 Å². The summed E-state index contributed by atoms with van der Waals surface area (Å²) >= 11 is 0. The summed E-state index contributed by atoms with van der Waals surface area (Å²) in [7, 11) is 0. The van der Waals surface area contributed by atoms with Crippen LogP contribution < -0.4 is 5.48 Å². The minimum atomic E-state index is -0.455. The van der Waals surface area contributed by atoms with E-state index in [2.05, 4.69) is 0 Å². The minimum absolute atomic E-state index is 0.161. The summed E-state index contributed by atoms with van der Waals surface area (Å²) in [5, 5.41) is 17.5. The van der Waals surface area contributed by atoms with Crippen molar-refractivity contribution < 1.29 is 15.1 Å². The molecule has 0 aliphatic heterocycles. The maximum Gasteiger partial charge on any atom is 0.243 e. The molecule has 0 bridgehead atoms. The Morgan fingerprint density at radius 2 is 2.08 bits per heavy atom. The van der Waals surface area contributed by atoms with E-state index >= 15 is 0 Å². The van der Waals surface area contributed by atoms with E-state index in [0.29, 0.717) is 12.0 Å². The highest BCUT2D eigenvalue weighted by Gasteiger charge is 2.03. The van der Waals surface area contributed by atoms with Crippen molar-refractivity contribution in [2.75, 3.05) is 0 Å². The van der Waals surface area contributed by atoms with E-state index in [1.165, 1.54) is 5.48 Å². The molecule has 0 saturated carbocycles. The van der Waals surface area contributed by atoms with Gasteiger partial charge in [0.2, 0.25) is 5.91 Å². The zero-order valence-electron chi connectivity index (χ0n) is 7.03. The Morgan fingerprint density at radius 1 is 1.38 bits per heavy atom. The molecule has 0 unspecified atom stereocenters. The molecule has 1 rings (SSSR count). The Hall–Kier alpha value is -1.55. The van der Waals surface area contributed by atoms with Gasteiger partial charge in [-0.1, -0.05) is 18.2 Å². The van der Waals surface area contributed by atoms with Crippen LogP contribution in [0, 0.1) is 0 Å². The molecule has 0 spiro atoms. The van der Waals surface area contributed by atoms with Gasteiger partial charge in [-0.2, -0.15) is 0 Å². The number of rotatable bonds is 3. The normalized spacial score (nSPS) is 9.62. The number of carbonyl (C=O) groups excluding carboxylic acids is 1. The van der Waals surface area contributed by atoms with Crippen LogP contribution >= 0.6 is 0 Å². The van der Waals surface area contributed by atoms with Crippen LogP contribution in [0.3, 0.4) is 0 Å². The molecule has 1 aromatic carbocycles. The van der Waals surface area contributed by atoms with Gasteiger partial charge in [0.25, 0.3) is 0 Å². The molecule has 0 aliphatic rings. The third-order valence-electron chi connectivity index (χ3n) is 1.74. The molecule has 0 heterocycles. The van der Waals surface area contributed by atoms with Crippen molar-refractivity contribution in [3.05, 3.63) is 29.8 Å². The maximum atomic E-state index is 10.7. The number of phenols is 1. The zero-order chi connectivity index (χ0) is 9.68. The smallest absolute Gasteiger partial charge is 0.243 e. The van der Waals surface area contributed by atoms with E-state index in [1.54, 1.807) is 24.3 Å². The summed E-state index contributed by atoms with van der Waals surface area (Å²) < 4.78 is 0. The molecule has 70 valence electrons. The molecule has 1 aromatic rings. The van der Waals surface area contributed by atoms with Gasteiger partial charge in [0.1, 0.15) is 5.75 Å². The van der Waals surface area contributed by atoms with Crippen LogP contribution in [0.1, 0.15) is 12.0 Å². The van der Waals surface area contributed by atoms with Gasteiger partial charge in [-0.25, -0.2) is 5.48 Å². The number of benzene rings is 1. The van der Waals surface area contributed by atoms with E-state index in [4.69, 9.17) is 5.21 Å². The van der Waals surface area contributed by atoms with Crippen molar-refractivity contribution in [1.82, 2.24) is 5.48 Å². The summed E-state index contributed by atoms with van der Waals surface area (Å²) in [5.74, 6) is -0.281. The van der Waals surface area contributed by atoms with Crippen molar-refractivity contribution in [3.63, 3.8) is 0 Å². The molecule has 1 amide bonds. The fourth-order valence-corrected chi connectivity index (χ4v) is 1.03. The largest absolute Gasteiger partial charge is 0.508 e. The Labute approximate surface area is 75.8 Å². The lowest BCUT2D eigenvalue weighted by Crippen LogP contribution is -2.18. The highest BCUT2D eigenvalue weighted by atomic mass is 16.5. The summed E-state index contributed by atoms with van der Waals surface area (Å²) in [5.41, 5.74) is 2.23. The van der Waals surface area contributed by atoms with Crippen LogP contribution in [0.4, 0.5) is 0 Å². The van der Waals surface area contributed by atoms with E-state index < -0.39 is 5.91 Å². The number of para-hydroxylation sites is 1. The van der Waals surface area contributed by atoms with Gasteiger partial charge in [-0.3, -0.25) is 10.0 Å². The monoisotopic (exact) mass is 181 g/mol. The number of hydrogen-bond donors (Lipinski definition) is 3. The number of nitrogens with one attached hydrogen (secondary N) is 1. The van der Waals surface area contributed by atoms with E-state index in [-0.39, 0.29) is 12.2 Å². The van der Waals surface area contributed by atoms with Crippen LogP contribution in [0.25, 0.3) is 0 Å². The number of hydroxylamine groups is 1. The molecule has 0 radical (unpaired) electrons. The molecular formula is C9H11NO3. The topological polar surface area (TPSA) is 69.6 Å². The molecule has 4 heteroatoms. The Bertz CT molecular complexity index is 299. The summed E-state index contributed by atoms with van der Waals surface area (Å²) in [6.07, 6.45) is 0.577. The van der Waals surface area contributed by atoms with Gasteiger partial charge in [0.15, 0.2) is 0 Å². The fourth-order valence-electron chi connectivity index (χ4n) is 1.03. The van der Waals surface area contributed by atoms with Gasteiger partial charge in [-0.05, 0) is 18.1 Å².